The van der Waals surface area contributed by atoms with Crippen LogP contribution in [0.2, 0.25) is 0 Å². The summed E-state index contributed by atoms with van der Waals surface area (Å²) in [5.41, 5.74) is 1.24. The normalized spacial score (nSPS) is 30.3. The van der Waals surface area contributed by atoms with Crippen LogP contribution in [0.5, 0.6) is 0 Å². The summed E-state index contributed by atoms with van der Waals surface area (Å²) in [4.78, 5) is 0. The molecule has 112 valence electrons. The van der Waals surface area contributed by atoms with Gasteiger partial charge in [-0.05, 0) is 70.4 Å². The maximum atomic E-state index is 4.70. The van der Waals surface area contributed by atoms with E-state index in [9.17, 15) is 0 Å². The van der Waals surface area contributed by atoms with Crippen molar-refractivity contribution in [1.29, 1.82) is 0 Å². The summed E-state index contributed by atoms with van der Waals surface area (Å²) in [5, 5.41) is 8.22. The number of nitrogens with one attached hydrogen (secondary N) is 1. The van der Waals surface area contributed by atoms with E-state index in [1.807, 2.05) is 0 Å². The molecule has 3 rings (SSSR count). The zero-order chi connectivity index (χ0) is 14.1. The van der Waals surface area contributed by atoms with E-state index >= 15 is 0 Å². The van der Waals surface area contributed by atoms with Gasteiger partial charge in [-0.25, -0.2) is 0 Å². The Morgan fingerprint density at radius 2 is 2.20 bits per heavy atom. The van der Waals surface area contributed by atoms with Crippen LogP contribution in [0.4, 0.5) is 0 Å². The topological polar surface area (TPSA) is 29.9 Å². The molecular formula is C17H29N3. The molecule has 4 unspecified atom stereocenters. The van der Waals surface area contributed by atoms with Crippen molar-refractivity contribution >= 4 is 0 Å². The molecule has 1 aromatic rings. The Kier molecular flexibility index (Phi) is 4.16. The van der Waals surface area contributed by atoms with Gasteiger partial charge in [0.2, 0.25) is 0 Å². The molecule has 2 aliphatic rings. The lowest BCUT2D eigenvalue weighted by molar-refractivity contribution is 0.281. The number of rotatable bonds is 6. The maximum absolute atomic E-state index is 4.70. The molecule has 2 fully saturated rings. The quantitative estimate of drug-likeness (QED) is 0.862. The molecule has 2 bridgehead atoms. The Labute approximate surface area is 123 Å². The Balaban J connectivity index is 1.56. The van der Waals surface area contributed by atoms with Gasteiger partial charge in [-0.1, -0.05) is 6.42 Å². The van der Waals surface area contributed by atoms with Gasteiger partial charge in [0.25, 0.3) is 0 Å². The van der Waals surface area contributed by atoms with Crippen molar-refractivity contribution in [3.05, 3.63) is 18.0 Å². The van der Waals surface area contributed by atoms with Gasteiger partial charge in [-0.2, -0.15) is 5.10 Å². The molecule has 0 amide bonds. The summed E-state index contributed by atoms with van der Waals surface area (Å²) < 4.78 is 2.07. The first-order valence-corrected chi connectivity index (χ1v) is 8.37. The van der Waals surface area contributed by atoms with Gasteiger partial charge in [0.15, 0.2) is 0 Å². The third-order valence-electron chi connectivity index (χ3n) is 5.53. The van der Waals surface area contributed by atoms with Crippen LogP contribution in [0, 0.1) is 17.8 Å². The molecule has 20 heavy (non-hydrogen) atoms. The van der Waals surface area contributed by atoms with E-state index in [2.05, 4.69) is 43.2 Å². The Morgan fingerprint density at radius 3 is 2.75 bits per heavy atom. The number of fused-ring (bicyclic) bond motifs is 2. The number of hydrogen-bond acceptors (Lipinski definition) is 2. The third kappa shape index (κ3) is 2.93. The Hall–Kier alpha value is -0.830. The van der Waals surface area contributed by atoms with Crippen molar-refractivity contribution in [2.24, 2.45) is 17.8 Å². The summed E-state index contributed by atoms with van der Waals surface area (Å²) in [6.07, 6.45) is 10.5. The van der Waals surface area contributed by atoms with E-state index in [4.69, 9.17) is 5.10 Å². The molecule has 0 aliphatic heterocycles. The van der Waals surface area contributed by atoms with Gasteiger partial charge in [-0.3, -0.25) is 4.68 Å². The van der Waals surface area contributed by atoms with Crippen LogP contribution in [0.1, 0.15) is 57.7 Å². The van der Waals surface area contributed by atoms with Crippen LogP contribution < -0.4 is 5.32 Å². The van der Waals surface area contributed by atoms with Crippen LogP contribution in [-0.4, -0.2) is 22.9 Å². The molecule has 0 radical (unpaired) electrons. The maximum Gasteiger partial charge on any atom is 0.0640 e. The average Bonchev–Trinajstić information content (AvgIpc) is 3.13. The van der Waals surface area contributed by atoms with Crippen molar-refractivity contribution in [2.75, 3.05) is 7.05 Å². The second-order valence-corrected chi connectivity index (χ2v) is 7.24. The van der Waals surface area contributed by atoms with Crippen molar-refractivity contribution in [3.63, 3.8) is 0 Å². The first kappa shape index (κ1) is 14.1. The summed E-state index contributed by atoms with van der Waals surface area (Å²) >= 11 is 0. The smallest absolute Gasteiger partial charge is 0.0640 e. The fourth-order valence-corrected chi connectivity index (χ4v) is 4.36. The number of hydrogen-bond donors (Lipinski definition) is 1. The van der Waals surface area contributed by atoms with Gasteiger partial charge in [0.05, 0.1) is 5.69 Å². The van der Waals surface area contributed by atoms with Gasteiger partial charge < -0.3 is 5.32 Å². The van der Waals surface area contributed by atoms with Crippen molar-refractivity contribution in [2.45, 2.75) is 64.5 Å². The van der Waals surface area contributed by atoms with Crippen molar-refractivity contribution in [3.8, 4) is 0 Å². The highest BCUT2D eigenvalue weighted by molar-refractivity contribution is 5.03. The molecule has 0 saturated heterocycles. The fourth-order valence-electron chi connectivity index (χ4n) is 4.36. The van der Waals surface area contributed by atoms with E-state index in [0.29, 0.717) is 12.1 Å². The lowest BCUT2D eigenvalue weighted by atomic mass is 9.83. The van der Waals surface area contributed by atoms with Crippen LogP contribution in [0.3, 0.4) is 0 Å². The highest BCUT2D eigenvalue weighted by Crippen LogP contribution is 2.49. The van der Waals surface area contributed by atoms with E-state index in [0.717, 1.165) is 24.2 Å². The van der Waals surface area contributed by atoms with Crippen LogP contribution in [0.25, 0.3) is 0 Å². The summed E-state index contributed by atoms with van der Waals surface area (Å²) in [5.74, 6) is 3.06. The van der Waals surface area contributed by atoms with Gasteiger partial charge >= 0.3 is 0 Å². The zero-order valence-electron chi connectivity index (χ0n) is 13.2. The predicted octanol–water partition coefficient (Wildman–Crippen LogP) is 3.42. The minimum atomic E-state index is 0.461. The van der Waals surface area contributed by atoms with Crippen molar-refractivity contribution < 1.29 is 0 Å². The lowest BCUT2D eigenvalue weighted by Crippen LogP contribution is -2.31. The van der Waals surface area contributed by atoms with Gasteiger partial charge in [-0.15, -0.1) is 0 Å². The van der Waals surface area contributed by atoms with Gasteiger partial charge in [0, 0.05) is 24.7 Å². The highest BCUT2D eigenvalue weighted by atomic mass is 15.3. The molecule has 1 N–H and O–H groups in total. The molecule has 0 spiro atoms. The first-order chi connectivity index (χ1) is 9.65. The molecule has 3 heteroatoms. The van der Waals surface area contributed by atoms with Crippen molar-refractivity contribution in [1.82, 2.24) is 15.1 Å². The van der Waals surface area contributed by atoms with E-state index in [1.165, 1.54) is 37.8 Å². The minimum Gasteiger partial charge on any atom is -0.317 e. The second kappa shape index (κ2) is 5.88. The standard InChI is InChI=1S/C17H29N3/c1-12(2)20-7-6-16(19-20)11-17(18-3)10-15-9-13-4-5-14(15)8-13/h6-7,12-15,17-18H,4-5,8-11H2,1-3H3. The average molecular weight is 275 g/mol. The SMILES string of the molecule is CNC(Cc1ccn(C(C)C)n1)CC1CC2CCC1C2. The summed E-state index contributed by atoms with van der Waals surface area (Å²) in [7, 11) is 2.11. The summed E-state index contributed by atoms with van der Waals surface area (Å²) in [6, 6.07) is 3.24. The van der Waals surface area contributed by atoms with Crippen LogP contribution in [0.15, 0.2) is 12.3 Å². The van der Waals surface area contributed by atoms with E-state index in [-0.39, 0.29) is 0 Å². The van der Waals surface area contributed by atoms with Crippen LogP contribution >= 0.6 is 0 Å². The predicted molar refractivity (Wildman–Crippen MR) is 82.7 cm³/mol. The number of nitrogens with zero attached hydrogens (tertiary/aromatic N) is 2. The van der Waals surface area contributed by atoms with Crippen LogP contribution in [-0.2, 0) is 6.42 Å². The number of likely N-dealkylation sites (N-methyl/N-ethyl adjacent to an activating group) is 1. The third-order valence-corrected chi connectivity index (χ3v) is 5.53. The molecule has 2 saturated carbocycles. The molecular weight excluding hydrogens is 246 g/mol. The number of aromatic nitrogens is 2. The second-order valence-electron chi connectivity index (χ2n) is 7.24. The largest absolute Gasteiger partial charge is 0.317 e. The van der Waals surface area contributed by atoms with E-state index < -0.39 is 0 Å². The van der Waals surface area contributed by atoms with Gasteiger partial charge in [0.1, 0.15) is 0 Å². The monoisotopic (exact) mass is 275 g/mol. The van der Waals surface area contributed by atoms with E-state index in [1.54, 1.807) is 0 Å². The molecule has 4 atom stereocenters. The minimum absolute atomic E-state index is 0.461. The highest BCUT2D eigenvalue weighted by Gasteiger charge is 2.39. The fraction of sp³-hybridized carbons (Fsp3) is 0.824. The molecule has 1 aromatic heterocycles. The molecule has 0 aromatic carbocycles. The molecule has 3 nitrogen and oxygen atoms in total. The summed E-state index contributed by atoms with van der Waals surface area (Å²) in [6.45, 7) is 4.36. The lowest BCUT2D eigenvalue weighted by Gasteiger charge is -2.26. The Morgan fingerprint density at radius 1 is 1.35 bits per heavy atom. The molecule has 2 aliphatic carbocycles. The first-order valence-electron chi connectivity index (χ1n) is 8.37. The zero-order valence-corrected chi connectivity index (χ0v) is 13.2. The Bertz CT molecular complexity index is 437. The molecule has 1 heterocycles.